The van der Waals surface area contributed by atoms with Gasteiger partial charge < -0.3 is 20.4 Å². The molecule has 0 aliphatic rings. The highest BCUT2D eigenvalue weighted by Crippen LogP contribution is 2.18. The van der Waals surface area contributed by atoms with Gasteiger partial charge >= 0.3 is 0 Å². The molecule has 0 bridgehead atoms. The fourth-order valence-corrected chi connectivity index (χ4v) is 2.43. The average molecular weight is 303 g/mol. The second-order valence-electron chi connectivity index (χ2n) is 4.94. The summed E-state index contributed by atoms with van der Waals surface area (Å²) < 4.78 is 7.22. The maximum absolute atomic E-state index is 12.5. The van der Waals surface area contributed by atoms with Gasteiger partial charge in [-0.3, -0.25) is 9.59 Å². The minimum absolute atomic E-state index is 0.101. The van der Waals surface area contributed by atoms with E-state index < -0.39 is 5.91 Å². The van der Waals surface area contributed by atoms with Crippen LogP contribution in [0.3, 0.4) is 0 Å². The lowest BCUT2D eigenvalue weighted by atomic mass is 10.1. The maximum atomic E-state index is 12.5. The molecule has 3 N–H and O–H groups in total. The standard InChI is InChI=1S/C16H21N3O3/c1-3-22-9-5-8-19-10-11(16(21)18-2)15(20)14-12(17)6-4-7-13(14)19/h4,6-7,10H,3,5,8-9,17H2,1-2H3,(H,18,21). The van der Waals surface area contributed by atoms with Crippen LogP contribution in [0.4, 0.5) is 5.69 Å². The van der Waals surface area contributed by atoms with Crippen LogP contribution in [0.25, 0.3) is 10.9 Å². The Kier molecular flexibility index (Phi) is 5.16. The minimum atomic E-state index is -0.409. The van der Waals surface area contributed by atoms with Crippen LogP contribution in [-0.2, 0) is 11.3 Å². The van der Waals surface area contributed by atoms with Crippen molar-refractivity contribution in [1.82, 2.24) is 9.88 Å². The van der Waals surface area contributed by atoms with Crippen molar-refractivity contribution in [2.45, 2.75) is 19.9 Å². The van der Waals surface area contributed by atoms with E-state index in [2.05, 4.69) is 5.32 Å². The second-order valence-corrected chi connectivity index (χ2v) is 4.94. The van der Waals surface area contributed by atoms with Crippen molar-refractivity contribution in [3.8, 4) is 0 Å². The molecule has 0 aliphatic carbocycles. The molecule has 1 amide bonds. The van der Waals surface area contributed by atoms with Crippen LogP contribution in [0.15, 0.2) is 29.2 Å². The van der Waals surface area contributed by atoms with Gasteiger partial charge in [0.1, 0.15) is 5.56 Å². The Balaban J connectivity index is 2.54. The smallest absolute Gasteiger partial charge is 0.256 e. The highest BCUT2D eigenvalue weighted by atomic mass is 16.5. The van der Waals surface area contributed by atoms with Gasteiger partial charge in [0.25, 0.3) is 5.91 Å². The van der Waals surface area contributed by atoms with E-state index in [0.29, 0.717) is 30.8 Å². The number of nitrogens with two attached hydrogens (primary N) is 1. The van der Waals surface area contributed by atoms with Crippen LogP contribution in [0, 0.1) is 0 Å². The summed E-state index contributed by atoms with van der Waals surface area (Å²) in [4.78, 5) is 24.4. The van der Waals surface area contributed by atoms with E-state index in [1.807, 2.05) is 17.6 Å². The molecule has 6 nitrogen and oxygen atoms in total. The van der Waals surface area contributed by atoms with Crippen molar-refractivity contribution in [3.63, 3.8) is 0 Å². The molecule has 22 heavy (non-hydrogen) atoms. The summed E-state index contributed by atoms with van der Waals surface area (Å²) in [6.45, 7) is 3.88. The van der Waals surface area contributed by atoms with Crippen LogP contribution in [0.2, 0.25) is 0 Å². The van der Waals surface area contributed by atoms with Gasteiger partial charge in [0.2, 0.25) is 5.43 Å². The predicted octanol–water partition coefficient (Wildman–Crippen LogP) is 1.37. The number of rotatable bonds is 6. The maximum Gasteiger partial charge on any atom is 0.256 e. The van der Waals surface area contributed by atoms with Crippen molar-refractivity contribution in [3.05, 3.63) is 40.2 Å². The number of aryl methyl sites for hydroxylation is 1. The Morgan fingerprint density at radius 2 is 2.18 bits per heavy atom. The van der Waals surface area contributed by atoms with Crippen LogP contribution in [-0.4, -0.2) is 30.7 Å². The van der Waals surface area contributed by atoms with Crippen LogP contribution >= 0.6 is 0 Å². The van der Waals surface area contributed by atoms with E-state index in [1.54, 1.807) is 18.3 Å². The Morgan fingerprint density at radius 1 is 1.41 bits per heavy atom. The third kappa shape index (κ3) is 3.12. The van der Waals surface area contributed by atoms with E-state index in [0.717, 1.165) is 11.9 Å². The number of anilines is 1. The first-order chi connectivity index (χ1) is 10.6. The Morgan fingerprint density at radius 3 is 2.86 bits per heavy atom. The number of hydrogen-bond donors (Lipinski definition) is 2. The topological polar surface area (TPSA) is 86.3 Å². The lowest BCUT2D eigenvalue weighted by Gasteiger charge is -2.14. The molecule has 6 heteroatoms. The molecule has 0 unspecified atom stereocenters. The first-order valence-electron chi connectivity index (χ1n) is 7.31. The van der Waals surface area contributed by atoms with E-state index >= 15 is 0 Å². The number of aromatic nitrogens is 1. The molecule has 1 aromatic heterocycles. The number of carbonyl (C=O) groups is 1. The number of nitrogens with zero attached hydrogens (tertiary/aromatic N) is 1. The third-order valence-corrected chi connectivity index (χ3v) is 3.50. The minimum Gasteiger partial charge on any atom is -0.398 e. The molecule has 2 rings (SSSR count). The number of hydrogen-bond acceptors (Lipinski definition) is 4. The summed E-state index contributed by atoms with van der Waals surface area (Å²) in [5, 5.41) is 2.88. The number of ether oxygens (including phenoxy) is 1. The van der Waals surface area contributed by atoms with E-state index in [1.165, 1.54) is 7.05 Å². The van der Waals surface area contributed by atoms with E-state index in [4.69, 9.17) is 10.5 Å². The van der Waals surface area contributed by atoms with Crippen LogP contribution in [0.5, 0.6) is 0 Å². The number of carbonyl (C=O) groups excluding carboxylic acids is 1. The highest BCUT2D eigenvalue weighted by molar-refractivity contribution is 5.99. The quantitative estimate of drug-likeness (QED) is 0.623. The van der Waals surface area contributed by atoms with Crippen molar-refractivity contribution >= 4 is 22.5 Å². The molecular formula is C16H21N3O3. The SMILES string of the molecule is CCOCCCn1cc(C(=O)NC)c(=O)c2c(N)cccc21. The summed E-state index contributed by atoms with van der Waals surface area (Å²) in [5.74, 6) is -0.409. The zero-order chi connectivity index (χ0) is 16.1. The zero-order valence-electron chi connectivity index (χ0n) is 12.9. The summed E-state index contributed by atoms with van der Waals surface area (Å²) in [5.41, 5.74) is 6.82. The summed E-state index contributed by atoms with van der Waals surface area (Å²) >= 11 is 0. The molecule has 1 aromatic carbocycles. The van der Waals surface area contributed by atoms with Crippen molar-refractivity contribution in [2.24, 2.45) is 0 Å². The molecule has 0 saturated heterocycles. The van der Waals surface area contributed by atoms with Crippen molar-refractivity contribution in [1.29, 1.82) is 0 Å². The summed E-state index contributed by atoms with van der Waals surface area (Å²) in [7, 11) is 1.50. The van der Waals surface area contributed by atoms with Gasteiger partial charge in [-0.25, -0.2) is 0 Å². The average Bonchev–Trinajstić information content (AvgIpc) is 2.52. The summed E-state index contributed by atoms with van der Waals surface area (Å²) in [6, 6.07) is 5.30. The Hall–Kier alpha value is -2.34. The van der Waals surface area contributed by atoms with Gasteiger partial charge in [-0.2, -0.15) is 0 Å². The number of amides is 1. The van der Waals surface area contributed by atoms with E-state index in [9.17, 15) is 9.59 Å². The first kappa shape index (κ1) is 16.0. The molecule has 0 spiro atoms. The van der Waals surface area contributed by atoms with Gasteiger partial charge in [-0.15, -0.1) is 0 Å². The second kappa shape index (κ2) is 7.09. The first-order valence-corrected chi connectivity index (χ1v) is 7.31. The molecule has 1 heterocycles. The zero-order valence-corrected chi connectivity index (χ0v) is 12.9. The van der Waals surface area contributed by atoms with Gasteiger partial charge in [0, 0.05) is 38.7 Å². The lowest BCUT2D eigenvalue weighted by molar-refractivity contribution is 0.0961. The van der Waals surface area contributed by atoms with Gasteiger partial charge in [-0.1, -0.05) is 6.07 Å². The van der Waals surface area contributed by atoms with Crippen LogP contribution < -0.4 is 16.5 Å². The lowest BCUT2D eigenvalue weighted by Crippen LogP contribution is -2.27. The van der Waals surface area contributed by atoms with Gasteiger partial charge in [0.15, 0.2) is 0 Å². The van der Waals surface area contributed by atoms with Crippen molar-refractivity contribution in [2.75, 3.05) is 26.0 Å². The molecule has 0 fully saturated rings. The van der Waals surface area contributed by atoms with E-state index in [-0.39, 0.29) is 11.0 Å². The fraction of sp³-hybridized carbons (Fsp3) is 0.375. The third-order valence-electron chi connectivity index (χ3n) is 3.50. The Bertz CT molecular complexity index is 737. The Labute approximate surface area is 128 Å². The number of fused-ring (bicyclic) bond motifs is 1. The summed E-state index contributed by atoms with van der Waals surface area (Å²) in [6.07, 6.45) is 2.38. The van der Waals surface area contributed by atoms with Crippen LogP contribution in [0.1, 0.15) is 23.7 Å². The predicted molar refractivity (Wildman–Crippen MR) is 87.1 cm³/mol. The fourth-order valence-electron chi connectivity index (χ4n) is 2.43. The molecule has 0 saturated carbocycles. The monoisotopic (exact) mass is 303 g/mol. The van der Waals surface area contributed by atoms with Crippen molar-refractivity contribution < 1.29 is 9.53 Å². The number of nitrogens with one attached hydrogen (secondary N) is 1. The highest BCUT2D eigenvalue weighted by Gasteiger charge is 2.15. The van der Waals surface area contributed by atoms with Gasteiger partial charge in [-0.05, 0) is 25.5 Å². The molecule has 0 atom stereocenters. The number of pyridine rings is 1. The molecule has 118 valence electrons. The van der Waals surface area contributed by atoms with Gasteiger partial charge in [0.05, 0.1) is 10.9 Å². The largest absolute Gasteiger partial charge is 0.398 e. The molecular weight excluding hydrogens is 282 g/mol. The number of nitrogen functional groups attached to an aromatic ring is 1. The number of benzene rings is 1. The molecule has 2 aromatic rings. The molecule has 0 radical (unpaired) electrons. The normalized spacial score (nSPS) is 10.8. The molecule has 0 aliphatic heterocycles.